The second kappa shape index (κ2) is 4.10. The van der Waals surface area contributed by atoms with Gasteiger partial charge in [0.25, 0.3) is 0 Å². The fourth-order valence-corrected chi connectivity index (χ4v) is 1.38. The number of alkyl halides is 6. The summed E-state index contributed by atoms with van der Waals surface area (Å²) in [4.78, 5) is 0. The van der Waals surface area contributed by atoms with Gasteiger partial charge in [-0.2, -0.15) is 26.3 Å². The lowest BCUT2D eigenvalue weighted by Gasteiger charge is -2.18. The van der Waals surface area contributed by atoms with E-state index >= 15 is 0 Å². The topological polar surface area (TPSA) is 46.2 Å². The van der Waals surface area contributed by atoms with Crippen LogP contribution in [0.3, 0.4) is 0 Å². The molecule has 0 unspecified atom stereocenters. The number of aliphatic hydroxyl groups is 1. The van der Waals surface area contributed by atoms with Crippen LogP contribution in [0, 0.1) is 0 Å². The lowest BCUT2D eigenvalue weighted by molar-refractivity contribution is -0.142. The zero-order valence-corrected chi connectivity index (χ0v) is 8.15. The molecule has 0 amide bonds. The van der Waals surface area contributed by atoms with Gasteiger partial charge in [0.05, 0.1) is 23.4 Å². The van der Waals surface area contributed by atoms with Crippen molar-refractivity contribution in [3.8, 4) is 0 Å². The molecule has 3 N–H and O–H groups in total. The Hall–Kier alpha value is -1.44. The van der Waals surface area contributed by atoms with E-state index in [9.17, 15) is 26.3 Å². The van der Waals surface area contributed by atoms with Crippen molar-refractivity contribution in [3.05, 3.63) is 28.8 Å². The van der Waals surface area contributed by atoms with E-state index in [1.807, 2.05) is 0 Å². The largest absolute Gasteiger partial charge is 0.418 e. The number of anilines is 1. The standard InChI is InChI=1S/C9H7F6NO/c10-8(11,12)5-2-1-4(3-17)6(7(5)16)9(13,14)15/h1-2,17H,3,16H2. The molecular weight excluding hydrogens is 252 g/mol. The molecule has 1 aromatic rings. The SMILES string of the molecule is Nc1c(C(F)(F)F)ccc(CO)c1C(F)(F)F. The highest BCUT2D eigenvalue weighted by atomic mass is 19.4. The fraction of sp³-hybridized carbons (Fsp3) is 0.333. The van der Waals surface area contributed by atoms with E-state index < -0.39 is 41.3 Å². The number of nitrogen functional groups attached to an aromatic ring is 1. The maximum absolute atomic E-state index is 12.5. The van der Waals surface area contributed by atoms with Crippen LogP contribution in [0.5, 0.6) is 0 Å². The molecular formula is C9H7F6NO. The zero-order chi connectivity index (χ0) is 13.4. The van der Waals surface area contributed by atoms with Gasteiger partial charge >= 0.3 is 12.4 Å². The first kappa shape index (κ1) is 13.6. The van der Waals surface area contributed by atoms with Crippen LogP contribution in [-0.4, -0.2) is 5.11 Å². The summed E-state index contributed by atoms with van der Waals surface area (Å²) in [7, 11) is 0. The van der Waals surface area contributed by atoms with Crippen molar-refractivity contribution in [2.75, 3.05) is 5.73 Å². The average molecular weight is 259 g/mol. The van der Waals surface area contributed by atoms with Crippen LogP contribution in [0.2, 0.25) is 0 Å². The van der Waals surface area contributed by atoms with E-state index in [0.717, 1.165) is 0 Å². The third-order valence-electron chi connectivity index (χ3n) is 2.09. The summed E-state index contributed by atoms with van der Waals surface area (Å²) in [6.45, 7) is -1.04. The van der Waals surface area contributed by atoms with Crippen molar-refractivity contribution in [3.63, 3.8) is 0 Å². The molecule has 0 saturated heterocycles. The monoisotopic (exact) mass is 259 g/mol. The van der Waals surface area contributed by atoms with E-state index in [4.69, 9.17) is 10.8 Å². The minimum atomic E-state index is -5.05. The minimum Gasteiger partial charge on any atom is -0.398 e. The summed E-state index contributed by atoms with van der Waals surface area (Å²) < 4.78 is 74.5. The Morgan fingerprint density at radius 2 is 1.53 bits per heavy atom. The van der Waals surface area contributed by atoms with Crippen LogP contribution >= 0.6 is 0 Å². The Morgan fingerprint density at radius 1 is 1.00 bits per heavy atom. The van der Waals surface area contributed by atoms with Crippen LogP contribution in [-0.2, 0) is 19.0 Å². The minimum absolute atomic E-state index is 0.413. The van der Waals surface area contributed by atoms with Gasteiger partial charge in [-0.25, -0.2) is 0 Å². The molecule has 0 atom stereocenters. The van der Waals surface area contributed by atoms with E-state index in [1.165, 1.54) is 0 Å². The number of aliphatic hydroxyl groups excluding tert-OH is 1. The van der Waals surface area contributed by atoms with Crippen molar-refractivity contribution in [2.45, 2.75) is 19.0 Å². The smallest absolute Gasteiger partial charge is 0.398 e. The molecule has 0 aliphatic carbocycles. The molecule has 2 nitrogen and oxygen atoms in total. The zero-order valence-electron chi connectivity index (χ0n) is 8.15. The van der Waals surface area contributed by atoms with Crippen molar-refractivity contribution < 1.29 is 31.4 Å². The summed E-state index contributed by atoms with van der Waals surface area (Å²) in [6, 6.07) is 0.970. The highest BCUT2D eigenvalue weighted by molar-refractivity contribution is 5.59. The molecule has 0 heterocycles. The van der Waals surface area contributed by atoms with Gasteiger partial charge in [-0.3, -0.25) is 0 Å². The first-order chi connectivity index (χ1) is 7.59. The number of halogens is 6. The van der Waals surface area contributed by atoms with Gasteiger partial charge in [-0.1, -0.05) is 6.07 Å². The maximum Gasteiger partial charge on any atom is 0.418 e. The van der Waals surface area contributed by atoms with Gasteiger partial charge < -0.3 is 10.8 Å². The molecule has 0 bridgehead atoms. The Labute approximate surface area is 91.7 Å². The van der Waals surface area contributed by atoms with Crippen molar-refractivity contribution in [1.82, 2.24) is 0 Å². The Bertz CT molecular complexity index is 423. The van der Waals surface area contributed by atoms with Crippen molar-refractivity contribution >= 4 is 5.69 Å². The predicted octanol–water partition coefficient (Wildman–Crippen LogP) is 2.80. The third-order valence-corrected chi connectivity index (χ3v) is 2.09. The second-order valence-electron chi connectivity index (χ2n) is 3.21. The Kier molecular flexibility index (Phi) is 3.28. The summed E-state index contributed by atoms with van der Waals surface area (Å²) in [5.74, 6) is 0. The number of hydrogen-bond acceptors (Lipinski definition) is 2. The molecule has 1 aromatic carbocycles. The normalized spacial score (nSPS) is 12.9. The molecule has 0 saturated carbocycles. The van der Waals surface area contributed by atoms with E-state index in [0.29, 0.717) is 12.1 Å². The van der Waals surface area contributed by atoms with Gasteiger partial charge in [0.1, 0.15) is 0 Å². The third kappa shape index (κ3) is 2.63. The molecule has 1 rings (SSSR count). The highest BCUT2D eigenvalue weighted by Crippen LogP contribution is 2.42. The van der Waals surface area contributed by atoms with Crippen LogP contribution in [0.25, 0.3) is 0 Å². The number of benzene rings is 1. The van der Waals surface area contributed by atoms with Crippen LogP contribution in [0.15, 0.2) is 12.1 Å². The van der Waals surface area contributed by atoms with Crippen LogP contribution in [0.4, 0.5) is 32.0 Å². The van der Waals surface area contributed by atoms with E-state index in [1.54, 1.807) is 0 Å². The molecule has 0 fully saturated rings. The van der Waals surface area contributed by atoms with Gasteiger partial charge in [0.2, 0.25) is 0 Å². The molecule has 0 aliphatic heterocycles. The van der Waals surface area contributed by atoms with Crippen LogP contribution < -0.4 is 5.73 Å². The fourth-order valence-electron chi connectivity index (χ4n) is 1.38. The first-order valence-electron chi connectivity index (χ1n) is 4.25. The molecule has 96 valence electrons. The summed E-state index contributed by atoms with van der Waals surface area (Å²) >= 11 is 0. The van der Waals surface area contributed by atoms with E-state index in [-0.39, 0.29) is 0 Å². The van der Waals surface area contributed by atoms with Gasteiger partial charge in [-0.05, 0) is 11.6 Å². The molecule has 0 aromatic heterocycles. The summed E-state index contributed by atoms with van der Waals surface area (Å²) in [5.41, 5.74) is -0.442. The maximum atomic E-state index is 12.5. The van der Waals surface area contributed by atoms with Crippen molar-refractivity contribution in [2.24, 2.45) is 0 Å². The number of nitrogens with two attached hydrogens (primary N) is 1. The number of hydrogen-bond donors (Lipinski definition) is 2. The predicted molar refractivity (Wildman–Crippen MR) is 46.8 cm³/mol. The lowest BCUT2D eigenvalue weighted by atomic mass is 10.0. The molecule has 0 radical (unpaired) electrons. The second-order valence-corrected chi connectivity index (χ2v) is 3.21. The Balaban J connectivity index is 3.55. The highest BCUT2D eigenvalue weighted by Gasteiger charge is 2.41. The van der Waals surface area contributed by atoms with Crippen molar-refractivity contribution in [1.29, 1.82) is 0 Å². The molecule has 8 heteroatoms. The Morgan fingerprint density at radius 3 is 1.88 bits per heavy atom. The first-order valence-corrected chi connectivity index (χ1v) is 4.25. The van der Waals surface area contributed by atoms with E-state index in [2.05, 4.69) is 0 Å². The van der Waals surface area contributed by atoms with Gasteiger partial charge in [0.15, 0.2) is 0 Å². The summed E-state index contributed by atoms with van der Waals surface area (Å²) in [6.07, 6.45) is -10.0. The average Bonchev–Trinajstić information content (AvgIpc) is 2.12. The molecule has 0 aliphatic rings. The van der Waals surface area contributed by atoms with Gasteiger partial charge in [0, 0.05) is 0 Å². The number of rotatable bonds is 1. The molecule has 0 spiro atoms. The summed E-state index contributed by atoms with van der Waals surface area (Å²) in [5, 5.41) is 8.66. The molecule has 17 heavy (non-hydrogen) atoms. The quantitative estimate of drug-likeness (QED) is 0.601. The van der Waals surface area contributed by atoms with Crippen LogP contribution in [0.1, 0.15) is 16.7 Å². The lowest BCUT2D eigenvalue weighted by Crippen LogP contribution is -2.18. The van der Waals surface area contributed by atoms with Gasteiger partial charge in [-0.15, -0.1) is 0 Å².